The van der Waals surface area contributed by atoms with Gasteiger partial charge in [0, 0.05) is 12.4 Å². The number of hydrogen-bond donors (Lipinski definition) is 3. The monoisotopic (exact) mass is 244 g/mol. The van der Waals surface area contributed by atoms with Gasteiger partial charge in [-0.25, -0.2) is 4.79 Å². The predicted molar refractivity (Wildman–Crippen MR) is 55.2 cm³/mol. The Morgan fingerprint density at radius 3 is 2.75 bits per heavy atom. The van der Waals surface area contributed by atoms with Crippen LogP contribution in [0.4, 0.5) is 0 Å². The fourth-order valence-corrected chi connectivity index (χ4v) is 1.19. The van der Waals surface area contributed by atoms with Crippen LogP contribution in [-0.4, -0.2) is 39.7 Å². The Labute approximate surface area is 95.9 Å². The first-order chi connectivity index (χ1) is 7.56. The van der Waals surface area contributed by atoms with Gasteiger partial charge in [0.25, 0.3) is 5.91 Å². The molecule has 16 heavy (non-hydrogen) atoms. The van der Waals surface area contributed by atoms with Crippen molar-refractivity contribution in [2.75, 3.05) is 6.61 Å². The molecule has 86 valence electrons. The Morgan fingerprint density at radius 1 is 1.56 bits per heavy atom. The second kappa shape index (κ2) is 5.43. The Balaban J connectivity index is 2.80. The number of rotatable bonds is 4. The predicted octanol–water partition coefficient (Wildman–Crippen LogP) is -0.0897. The van der Waals surface area contributed by atoms with Gasteiger partial charge in [-0.05, 0) is 6.07 Å². The lowest BCUT2D eigenvalue weighted by Gasteiger charge is -2.11. The van der Waals surface area contributed by atoms with Gasteiger partial charge in [-0.15, -0.1) is 0 Å². The first-order valence-corrected chi connectivity index (χ1v) is 4.68. The van der Waals surface area contributed by atoms with Gasteiger partial charge in [0.15, 0.2) is 6.04 Å². The number of aliphatic hydroxyl groups excluding tert-OH is 1. The third-order valence-electron chi connectivity index (χ3n) is 1.80. The number of amides is 1. The Kier molecular flexibility index (Phi) is 4.21. The number of aliphatic carboxylic acids is 1. The molecular formula is C9H9ClN2O4. The summed E-state index contributed by atoms with van der Waals surface area (Å²) >= 11 is 5.69. The maximum Gasteiger partial charge on any atom is 0.328 e. The van der Waals surface area contributed by atoms with E-state index in [0.29, 0.717) is 0 Å². The lowest BCUT2D eigenvalue weighted by atomic mass is 10.2. The fraction of sp³-hybridized carbons (Fsp3) is 0.222. The molecule has 1 aromatic rings. The maximum absolute atomic E-state index is 11.5. The van der Waals surface area contributed by atoms with E-state index in [0.717, 1.165) is 0 Å². The molecule has 1 rings (SSSR count). The number of carboxylic acids is 1. The molecule has 6 nitrogen and oxygen atoms in total. The number of aliphatic hydroxyl groups is 1. The van der Waals surface area contributed by atoms with Crippen molar-refractivity contribution in [1.29, 1.82) is 0 Å². The smallest absolute Gasteiger partial charge is 0.328 e. The van der Waals surface area contributed by atoms with Gasteiger partial charge < -0.3 is 15.5 Å². The quantitative estimate of drug-likeness (QED) is 0.687. The van der Waals surface area contributed by atoms with E-state index < -0.39 is 24.5 Å². The zero-order chi connectivity index (χ0) is 12.1. The van der Waals surface area contributed by atoms with Crippen LogP contribution in [0.5, 0.6) is 0 Å². The standard InChI is InChI=1S/C9H9ClN2O4/c10-6-3-11-2-1-5(6)8(14)12-7(4-13)9(15)16/h1-3,7,13H,4H2,(H,12,14)(H,15,16). The number of carbonyl (C=O) groups is 2. The van der Waals surface area contributed by atoms with Crippen molar-refractivity contribution in [2.24, 2.45) is 0 Å². The Hall–Kier alpha value is -1.66. The van der Waals surface area contributed by atoms with E-state index in [1.807, 2.05) is 0 Å². The molecule has 0 saturated heterocycles. The third kappa shape index (κ3) is 2.91. The summed E-state index contributed by atoms with van der Waals surface area (Å²) in [5.74, 6) is -1.99. The zero-order valence-corrected chi connectivity index (χ0v) is 8.81. The van der Waals surface area contributed by atoms with Crippen LogP contribution in [-0.2, 0) is 4.79 Å². The van der Waals surface area contributed by atoms with Gasteiger partial charge in [0.2, 0.25) is 0 Å². The molecule has 1 amide bonds. The van der Waals surface area contributed by atoms with Gasteiger partial charge >= 0.3 is 5.97 Å². The van der Waals surface area contributed by atoms with E-state index >= 15 is 0 Å². The van der Waals surface area contributed by atoms with Gasteiger partial charge in [-0.2, -0.15) is 0 Å². The number of carboxylic acid groups (broad SMARTS) is 1. The number of nitrogens with one attached hydrogen (secondary N) is 1. The Morgan fingerprint density at radius 2 is 2.25 bits per heavy atom. The molecule has 0 fully saturated rings. The highest BCUT2D eigenvalue weighted by molar-refractivity contribution is 6.33. The molecule has 0 radical (unpaired) electrons. The third-order valence-corrected chi connectivity index (χ3v) is 2.10. The summed E-state index contributed by atoms with van der Waals surface area (Å²) in [6, 6.07) is 0.00486. The van der Waals surface area contributed by atoms with Crippen molar-refractivity contribution in [3.63, 3.8) is 0 Å². The van der Waals surface area contributed by atoms with Crippen molar-refractivity contribution in [3.8, 4) is 0 Å². The minimum absolute atomic E-state index is 0.108. The summed E-state index contributed by atoms with van der Waals surface area (Å²) in [6.07, 6.45) is 2.63. The number of hydrogen-bond acceptors (Lipinski definition) is 4. The summed E-state index contributed by atoms with van der Waals surface area (Å²) in [5.41, 5.74) is 0.108. The number of nitrogens with zero attached hydrogens (tertiary/aromatic N) is 1. The lowest BCUT2D eigenvalue weighted by molar-refractivity contribution is -0.140. The molecule has 1 heterocycles. The first-order valence-electron chi connectivity index (χ1n) is 4.30. The van der Waals surface area contributed by atoms with Crippen LogP contribution in [0.15, 0.2) is 18.5 Å². The molecule has 0 aromatic carbocycles. The van der Waals surface area contributed by atoms with Crippen LogP contribution in [0.1, 0.15) is 10.4 Å². The molecule has 7 heteroatoms. The number of pyridine rings is 1. The minimum atomic E-state index is -1.35. The van der Waals surface area contributed by atoms with E-state index in [4.69, 9.17) is 21.8 Å². The van der Waals surface area contributed by atoms with Crippen molar-refractivity contribution < 1.29 is 19.8 Å². The topological polar surface area (TPSA) is 99.5 Å². The van der Waals surface area contributed by atoms with Crippen LogP contribution < -0.4 is 5.32 Å². The van der Waals surface area contributed by atoms with Crippen molar-refractivity contribution in [3.05, 3.63) is 29.0 Å². The second-order valence-corrected chi connectivity index (χ2v) is 3.31. The van der Waals surface area contributed by atoms with Crippen LogP contribution in [0.2, 0.25) is 5.02 Å². The molecule has 0 aliphatic rings. The SMILES string of the molecule is O=C(NC(CO)C(=O)O)c1ccncc1Cl. The molecule has 1 aromatic heterocycles. The highest BCUT2D eigenvalue weighted by atomic mass is 35.5. The van der Waals surface area contributed by atoms with Gasteiger partial charge in [-0.3, -0.25) is 9.78 Å². The van der Waals surface area contributed by atoms with Crippen molar-refractivity contribution in [2.45, 2.75) is 6.04 Å². The fourth-order valence-electron chi connectivity index (χ4n) is 0.981. The first kappa shape index (κ1) is 12.4. The lowest BCUT2D eigenvalue weighted by Crippen LogP contribution is -2.43. The van der Waals surface area contributed by atoms with Gasteiger partial charge in [0.05, 0.1) is 17.2 Å². The highest BCUT2D eigenvalue weighted by Gasteiger charge is 2.20. The molecular weight excluding hydrogens is 236 g/mol. The van der Waals surface area contributed by atoms with Crippen molar-refractivity contribution >= 4 is 23.5 Å². The maximum atomic E-state index is 11.5. The van der Waals surface area contributed by atoms with Crippen LogP contribution in [0.25, 0.3) is 0 Å². The summed E-state index contributed by atoms with van der Waals surface area (Å²) in [5, 5.41) is 19.6. The van der Waals surface area contributed by atoms with Crippen LogP contribution in [0, 0.1) is 0 Å². The molecule has 0 aliphatic carbocycles. The molecule has 0 bridgehead atoms. The highest BCUT2D eigenvalue weighted by Crippen LogP contribution is 2.12. The van der Waals surface area contributed by atoms with Crippen molar-refractivity contribution in [1.82, 2.24) is 10.3 Å². The van der Waals surface area contributed by atoms with E-state index in [-0.39, 0.29) is 10.6 Å². The molecule has 0 saturated carbocycles. The van der Waals surface area contributed by atoms with Gasteiger partial charge in [0.1, 0.15) is 0 Å². The summed E-state index contributed by atoms with van der Waals surface area (Å²) in [6.45, 7) is -0.691. The molecule has 3 N–H and O–H groups in total. The molecule has 1 atom stereocenters. The average molecular weight is 245 g/mol. The largest absolute Gasteiger partial charge is 0.480 e. The summed E-state index contributed by atoms with van der Waals surface area (Å²) < 4.78 is 0. The van der Waals surface area contributed by atoms with E-state index in [1.165, 1.54) is 18.5 Å². The van der Waals surface area contributed by atoms with E-state index in [2.05, 4.69) is 10.3 Å². The second-order valence-electron chi connectivity index (χ2n) is 2.90. The molecule has 0 aliphatic heterocycles. The average Bonchev–Trinajstić information content (AvgIpc) is 2.25. The summed E-state index contributed by atoms with van der Waals surface area (Å²) in [7, 11) is 0. The number of carbonyl (C=O) groups excluding carboxylic acids is 1. The number of aromatic nitrogens is 1. The van der Waals surface area contributed by atoms with Gasteiger partial charge in [-0.1, -0.05) is 11.6 Å². The Bertz CT molecular complexity index is 410. The van der Waals surface area contributed by atoms with Crippen LogP contribution >= 0.6 is 11.6 Å². The van der Waals surface area contributed by atoms with Crippen LogP contribution in [0.3, 0.4) is 0 Å². The van der Waals surface area contributed by atoms with E-state index in [1.54, 1.807) is 0 Å². The zero-order valence-electron chi connectivity index (χ0n) is 8.05. The van der Waals surface area contributed by atoms with E-state index in [9.17, 15) is 9.59 Å². The number of halogens is 1. The normalized spacial score (nSPS) is 11.9. The minimum Gasteiger partial charge on any atom is -0.480 e. The molecule has 1 unspecified atom stereocenters. The molecule has 0 spiro atoms. The summed E-state index contributed by atoms with van der Waals surface area (Å²) in [4.78, 5) is 25.8.